The molecule has 4 N–H and O–H groups in total. The van der Waals surface area contributed by atoms with Crippen LogP contribution in [-0.4, -0.2) is 29.1 Å². The van der Waals surface area contributed by atoms with Crippen LogP contribution in [0.1, 0.15) is 17.7 Å². The molecule has 3 rings (SSSR count). The molecule has 1 aliphatic heterocycles. The maximum Gasteiger partial charge on any atom is 0.222 e. The first kappa shape index (κ1) is 13.8. The van der Waals surface area contributed by atoms with Gasteiger partial charge in [-0.3, -0.25) is 0 Å². The third-order valence-corrected chi connectivity index (χ3v) is 3.84. The zero-order valence-corrected chi connectivity index (χ0v) is 12.1. The van der Waals surface area contributed by atoms with Crippen LogP contribution in [0.3, 0.4) is 0 Å². The van der Waals surface area contributed by atoms with Crippen LogP contribution in [0.4, 0.5) is 11.8 Å². The van der Waals surface area contributed by atoms with Crippen molar-refractivity contribution in [2.45, 2.75) is 25.3 Å². The van der Waals surface area contributed by atoms with E-state index in [9.17, 15) is 0 Å². The second-order valence-electron chi connectivity index (χ2n) is 5.56. The quantitative estimate of drug-likeness (QED) is 0.886. The maximum atomic E-state index is 5.96. The molecule has 0 bridgehead atoms. The summed E-state index contributed by atoms with van der Waals surface area (Å²) >= 11 is 0. The number of aromatic nitrogens is 2. The van der Waals surface area contributed by atoms with Crippen LogP contribution < -0.4 is 16.4 Å². The molecule has 1 fully saturated rings. The molecule has 0 amide bonds. The van der Waals surface area contributed by atoms with Gasteiger partial charge in [-0.2, -0.15) is 4.98 Å². The number of nitrogen functional groups attached to an aromatic ring is 1. The van der Waals surface area contributed by atoms with Gasteiger partial charge in [-0.1, -0.05) is 30.3 Å². The first-order chi connectivity index (χ1) is 10.2. The first-order valence-electron chi connectivity index (χ1n) is 7.38. The van der Waals surface area contributed by atoms with Gasteiger partial charge < -0.3 is 16.4 Å². The lowest BCUT2D eigenvalue weighted by molar-refractivity contribution is 0.751. The Labute approximate surface area is 125 Å². The Morgan fingerprint density at radius 2 is 1.95 bits per heavy atom. The Morgan fingerprint density at radius 1 is 1.14 bits per heavy atom. The normalized spacial score (nSPS) is 18.1. The van der Waals surface area contributed by atoms with E-state index < -0.39 is 0 Å². The number of benzene rings is 1. The molecule has 1 aromatic heterocycles. The van der Waals surface area contributed by atoms with Crippen molar-refractivity contribution < 1.29 is 0 Å². The van der Waals surface area contributed by atoms with Gasteiger partial charge in [0.05, 0.1) is 0 Å². The van der Waals surface area contributed by atoms with Crippen molar-refractivity contribution in [2.24, 2.45) is 5.73 Å². The minimum absolute atomic E-state index is 0.231. The van der Waals surface area contributed by atoms with Gasteiger partial charge in [0.1, 0.15) is 5.82 Å². The number of rotatable bonds is 4. The van der Waals surface area contributed by atoms with E-state index in [1.54, 1.807) is 0 Å². The minimum atomic E-state index is 0.231. The molecule has 0 radical (unpaired) electrons. The lowest BCUT2D eigenvalue weighted by Crippen LogP contribution is -2.27. The van der Waals surface area contributed by atoms with Crippen molar-refractivity contribution in [3.05, 3.63) is 47.7 Å². The largest absolute Gasteiger partial charge is 0.368 e. The van der Waals surface area contributed by atoms with Crippen LogP contribution in [0.2, 0.25) is 0 Å². The van der Waals surface area contributed by atoms with E-state index in [0.29, 0.717) is 5.95 Å². The molecule has 2 heterocycles. The van der Waals surface area contributed by atoms with Crippen LogP contribution in [0.15, 0.2) is 36.4 Å². The topological polar surface area (TPSA) is 81.1 Å². The predicted octanol–water partition coefficient (Wildman–Crippen LogP) is 1.38. The van der Waals surface area contributed by atoms with E-state index >= 15 is 0 Å². The van der Waals surface area contributed by atoms with Crippen molar-refractivity contribution in [1.29, 1.82) is 0 Å². The van der Waals surface area contributed by atoms with Gasteiger partial charge in [-0.05, 0) is 24.8 Å². The third kappa shape index (κ3) is 3.49. The highest BCUT2D eigenvalue weighted by Gasteiger charge is 2.21. The molecule has 1 aliphatic rings. The van der Waals surface area contributed by atoms with Crippen LogP contribution in [-0.2, 0) is 12.8 Å². The Hall–Kier alpha value is -2.14. The molecule has 0 aliphatic carbocycles. The van der Waals surface area contributed by atoms with E-state index in [-0.39, 0.29) is 6.04 Å². The second-order valence-corrected chi connectivity index (χ2v) is 5.56. The average molecular weight is 283 g/mol. The number of aryl methyl sites for hydroxylation is 2. The number of nitrogens with two attached hydrogens (primary N) is 2. The Morgan fingerprint density at radius 3 is 2.67 bits per heavy atom. The molecule has 21 heavy (non-hydrogen) atoms. The van der Waals surface area contributed by atoms with E-state index in [4.69, 9.17) is 11.5 Å². The summed E-state index contributed by atoms with van der Waals surface area (Å²) in [6.45, 7) is 1.78. The van der Waals surface area contributed by atoms with Gasteiger partial charge in [-0.25, -0.2) is 4.98 Å². The van der Waals surface area contributed by atoms with Crippen molar-refractivity contribution in [3.8, 4) is 0 Å². The summed E-state index contributed by atoms with van der Waals surface area (Å²) in [5.41, 5.74) is 14.1. The van der Waals surface area contributed by atoms with Crippen molar-refractivity contribution >= 4 is 11.8 Å². The van der Waals surface area contributed by atoms with Gasteiger partial charge in [0, 0.05) is 30.9 Å². The van der Waals surface area contributed by atoms with Crippen LogP contribution in [0.25, 0.3) is 0 Å². The molecule has 2 aromatic rings. The molecule has 1 atom stereocenters. The fraction of sp³-hybridized carbons (Fsp3) is 0.375. The maximum absolute atomic E-state index is 5.96. The van der Waals surface area contributed by atoms with Gasteiger partial charge in [0.15, 0.2) is 0 Å². The summed E-state index contributed by atoms with van der Waals surface area (Å²) in [6, 6.07) is 12.7. The highest BCUT2D eigenvalue weighted by molar-refractivity contribution is 5.45. The van der Waals surface area contributed by atoms with Crippen molar-refractivity contribution in [1.82, 2.24) is 9.97 Å². The molecule has 110 valence electrons. The smallest absolute Gasteiger partial charge is 0.222 e. The van der Waals surface area contributed by atoms with Crippen molar-refractivity contribution in [2.75, 3.05) is 23.7 Å². The van der Waals surface area contributed by atoms with Crippen molar-refractivity contribution in [3.63, 3.8) is 0 Å². The minimum Gasteiger partial charge on any atom is -0.368 e. The number of hydrogen-bond donors (Lipinski definition) is 2. The van der Waals surface area contributed by atoms with Gasteiger partial charge >= 0.3 is 0 Å². The molecular formula is C16H21N5. The first-order valence-corrected chi connectivity index (χ1v) is 7.38. The van der Waals surface area contributed by atoms with Gasteiger partial charge in [0.2, 0.25) is 5.95 Å². The fourth-order valence-electron chi connectivity index (χ4n) is 2.71. The molecule has 0 spiro atoms. The van der Waals surface area contributed by atoms with Gasteiger partial charge in [0.25, 0.3) is 0 Å². The molecular weight excluding hydrogens is 262 g/mol. The monoisotopic (exact) mass is 283 g/mol. The summed E-state index contributed by atoms with van der Waals surface area (Å²) in [5, 5.41) is 0. The molecule has 5 heteroatoms. The predicted molar refractivity (Wildman–Crippen MR) is 85.1 cm³/mol. The number of anilines is 2. The molecule has 5 nitrogen and oxygen atoms in total. The Balaban J connectivity index is 1.72. The van der Waals surface area contributed by atoms with E-state index in [1.165, 1.54) is 5.56 Å². The van der Waals surface area contributed by atoms with Crippen LogP contribution >= 0.6 is 0 Å². The summed E-state index contributed by atoms with van der Waals surface area (Å²) in [7, 11) is 0. The zero-order valence-electron chi connectivity index (χ0n) is 12.1. The SMILES string of the molecule is Nc1nc(CCc2ccccc2)cc(N2CCC(N)C2)n1. The second kappa shape index (κ2) is 6.10. The highest BCUT2D eigenvalue weighted by atomic mass is 15.2. The summed E-state index contributed by atoms with van der Waals surface area (Å²) < 4.78 is 0. The van der Waals surface area contributed by atoms with E-state index in [2.05, 4.69) is 39.1 Å². The fourth-order valence-corrected chi connectivity index (χ4v) is 2.71. The van der Waals surface area contributed by atoms with Crippen LogP contribution in [0.5, 0.6) is 0 Å². The molecule has 1 unspecified atom stereocenters. The molecule has 1 saturated heterocycles. The van der Waals surface area contributed by atoms with E-state index in [0.717, 1.165) is 43.9 Å². The Bertz CT molecular complexity index is 599. The van der Waals surface area contributed by atoms with E-state index in [1.807, 2.05) is 12.1 Å². The molecule has 0 saturated carbocycles. The highest BCUT2D eigenvalue weighted by Crippen LogP contribution is 2.19. The lowest BCUT2D eigenvalue weighted by Gasteiger charge is -2.17. The standard InChI is InChI=1S/C16H21N5/c17-13-8-9-21(11-13)15-10-14(19-16(18)20-15)7-6-12-4-2-1-3-5-12/h1-5,10,13H,6-9,11,17H2,(H2,18,19,20). The summed E-state index contributed by atoms with van der Waals surface area (Å²) in [6.07, 6.45) is 2.82. The lowest BCUT2D eigenvalue weighted by atomic mass is 10.1. The van der Waals surface area contributed by atoms with Crippen LogP contribution in [0, 0.1) is 0 Å². The average Bonchev–Trinajstić information content (AvgIpc) is 2.92. The number of hydrogen-bond acceptors (Lipinski definition) is 5. The third-order valence-electron chi connectivity index (χ3n) is 3.84. The Kier molecular flexibility index (Phi) is 4.01. The number of nitrogens with zero attached hydrogens (tertiary/aromatic N) is 3. The molecule has 1 aromatic carbocycles. The summed E-state index contributed by atoms with van der Waals surface area (Å²) in [5.74, 6) is 1.24. The summed E-state index contributed by atoms with van der Waals surface area (Å²) in [4.78, 5) is 10.9. The zero-order chi connectivity index (χ0) is 14.7. The van der Waals surface area contributed by atoms with Gasteiger partial charge in [-0.15, -0.1) is 0 Å².